The van der Waals surface area contributed by atoms with Gasteiger partial charge in [-0.05, 0) is 54.8 Å². The predicted octanol–water partition coefficient (Wildman–Crippen LogP) is 3.15. The Morgan fingerprint density at radius 2 is 1.60 bits per heavy atom. The van der Waals surface area contributed by atoms with Crippen molar-refractivity contribution in [3.05, 3.63) is 90.1 Å². The van der Waals surface area contributed by atoms with Gasteiger partial charge in [0.2, 0.25) is 0 Å². The van der Waals surface area contributed by atoms with Gasteiger partial charge in [0.25, 0.3) is 0 Å². The highest BCUT2D eigenvalue weighted by Crippen LogP contribution is 2.24. The summed E-state index contributed by atoms with van der Waals surface area (Å²) in [5.74, 6) is -0.784. The maximum absolute atomic E-state index is 13.2. The normalized spacial score (nSPS) is 14.9. The Bertz CT molecular complexity index is 1070. The Hall–Kier alpha value is -3.65. The number of halogens is 1. The summed E-state index contributed by atoms with van der Waals surface area (Å²) in [6.07, 6.45) is 3.21. The number of amides is 2. The Labute approximate surface area is 204 Å². The van der Waals surface area contributed by atoms with E-state index in [4.69, 9.17) is 4.42 Å². The Morgan fingerprint density at radius 3 is 2.29 bits per heavy atom. The van der Waals surface area contributed by atoms with Gasteiger partial charge in [-0.15, -0.1) is 0 Å². The average Bonchev–Trinajstić information content (AvgIpc) is 3.43. The number of rotatable bonds is 9. The zero-order valence-electron chi connectivity index (χ0n) is 19.7. The smallest absolute Gasteiger partial charge is 0.309 e. The summed E-state index contributed by atoms with van der Waals surface area (Å²) >= 11 is 0. The first-order valence-corrected chi connectivity index (χ1v) is 12.0. The molecule has 1 saturated heterocycles. The van der Waals surface area contributed by atoms with Gasteiger partial charge >= 0.3 is 11.8 Å². The van der Waals surface area contributed by atoms with E-state index in [2.05, 4.69) is 20.4 Å². The minimum atomic E-state index is -0.647. The molecule has 1 aliphatic heterocycles. The van der Waals surface area contributed by atoms with E-state index in [-0.39, 0.29) is 18.4 Å². The highest BCUT2D eigenvalue weighted by Gasteiger charge is 2.28. The molecule has 2 heterocycles. The molecule has 1 unspecified atom stereocenters. The number of anilines is 1. The molecule has 0 spiro atoms. The van der Waals surface area contributed by atoms with Crippen molar-refractivity contribution in [3.63, 3.8) is 0 Å². The summed E-state index contributed by atoms with van der Waals surface area (Å²) in [7, 11) is 0. The zero-order valence-corrected chi connectivity index (χ0v) is 19.7. The molecule has 1 aromatic heterocycles. The van der Waals surface area contributed by atoms with Gasteiger partial charge in [0.1, 0.15) is 11.6 Å². The van der Waals surface area contributed by atoms with Crippen molar-refractivity contribution >= 4 is 17.5 Å². The Kier molecular flexibility index (Phi) is 8.51. The predicted molar refractivity (Wildman–Crippen MR) is 132 cm³/mol. The third-order valence-corrected chi connectivity index (χ3v) is 6.25. The summed E-state index contributed by atoms with van der Waals surface area (Å²) in [6, 6.07) is 20.1. The van der Waals surface area contributed by atoms with Crippen LogP contribution in [0.1, 0.15) is 23.8 Å². The van der Waals surface area contributed by atoms with Crippen molar-refractivity contribution in [2.75, 3.05) is 44.2 Å². The lowest BCUT2D eigenvalue weighted by Gasteiger charge is -2.39. The van der Waals surface area contributed by atoms with Crippen LogP contribution in [-0.4, -0.2) is 56.0 Å². The number of hydrogen-bond acceptors (Lipinski definition) is 5. The topological polar surface area (TPSA) is 77.8 Å². The summed E-state index contributed by atoms with van der Waals surface area (Å²) in [5.41, 5.74) is 2.19. The third-order valence-electron chi connectivity index (χ3n) is 6.25. The lowest BCUT2D eigenvalue weighted by atomic mass is 10.1. The molecule has 8 heteroatoms. The van der Waals surface area contributed by atoms with E-state index in [0.29, 0.717) is 6.54 Å². The van der Waals surface area contributed by atoms with Crippen LogP contribution in [0.3, 0.4) is 0 Å². The molecule has 1 fully saturated rings. The van der Waals surface area contributed by atoms with Gasteiger partial charge in [0.05, 0.1) is 12.3 Å². The van der Waals surface area contributed by atoms with Crippen LogP contribution < -0.4 is 15.5 Å². The monoisotopic (exact) mass is 478 g/mol. The van der Waals surface area contributed by atoms with Crippen molar-refractivity contribution in [1.82, 2.24) is 15.5 Å². The molecule has 0 aliphatic carbocycles. The number of hydrogen-bond donors (Lipinski definition) is 2. The second-order valence-electron chi connectivity index (χ2n) is 8.59. The standard InChI is InChI=1S/C27H31FN4O3/c28-22-10-12-23(13-11-22)31-15-17-32(18-16-31)24(25-9-5-19-35-25)20-30-27(34)26(33)29-14-4-8-21-6-2-1-3-7-21/h1-3,5-7,9-13,19,24H,4,8,14-18,20H2,(H,29,33)(H,30,34). The summed E-state index contributed by atoms with van der Waals surface area (Å²) in [4.78, 5) is 29.1. The van der Waals surface area contributed by atoms with Gasteiger partial charge in [0.15, 0.2) is 0 Å². The van der Waals surface area contributed by atoms with E-state index in [1.54, 1.807) is 18.4 Å². The Balaban J connectivity index is 1.25. The van der Waals surface area contributed by atoms with Crippen molar-refractivity contribution in [2.24, 2.45) is 0 Å². The fraction of sp³-hybridized carbons (Fsp3) is 0.333. The van der Waals surface area contributed by atoms with Gasteiger partial charge in [-0.3, -0.25) is 14.5 Å². The van der Waals surface area contributed by atoms with Crippen molar-refractivity contribution < 1.29 is 18.4 Å². The van der Waals surface area contributed by atoms with Gasteiger partial charge < -0.3 is 20.0 Å². The van der Waals surface area contributed by atoms with Gasteiger partial charge in [0, 0.05) is 45.0 Å². The molecular weight excluding hydrogens is 447 g/mol. The maximum Gasteiger partial charge on any atom is 0.309 e. The van der Waals surface area contributed by atoms with Crippen LogP contribution in [-0.2, 0) is 16.0 Å². The van der Waals surface area contributed by atoms with Gasteiger partial charge in [-0.25, -0.2) is 4.39 Å². The lowest BCUT2D eigenvalue weighted by Crippen LogP contribution is -2.50. The molecule has 0 radical (unpaired) electrons. The van der Waals surface area contributed by atoms with Crippen LogP contribution in [0.15, 0.2) is 77.4 Å². The summed E-state index contributed by atoms with van der Waals surface area (Å²) in [6.45, 7) is 3.71. The fourth-order valence-corrected chi connectivity index (χ4v) is 4.32. The van der Waals surface area contributed by atoms with Crippen molar-refractivity contribution in [3.8, 4) is 0 Å². The molecule has 1 aliphatic rings. The van der Waals surface area contributed by atoms with E-state index in [1.165, 1.54) is 17.7 Å². The van der Waals surface area contributed by atoms with E-state index in [1.807, 2.05) is 42.5 Å². The minimum absolute atomic E-state index is 0.185. The van der Waals surface area contributed by atoms with Crippen LogP contribution >= 0.6 is 0 Å². The van der Waals surface area contributed by atoms with Crippen LogP contribution in [0.5, 0.6) is 0 Å². The molecule has 1 atom stereocenters. The van der Waals surface area contributed by atoms with E-state index >= 15 is 0 Å². The van der Waals surface area contributed by atoms with Crippen molar-refractivity contribution in [1.29, 1.82) is 0 Å². The zero-order chi connectivity index (χ0) is 24.5. The first kappa shape index (κ1) is 24.5. The molecule has 0 saturated carbocycles. The van der Waals surface area contributed by atoms with Crippen molar-refractivity contribution in [2.45, 2.75) is 18.9 Å². The molecule has 184 valence electrons. The molecular formula is C27H31FN4O3. The number of furan rings is 1. The number of benzene rings is 2. The molecule has 0 bridgehead atoms. The van der Waals surface area contributed by atoms with Gasteiger partial charge in [-0.1, -0.05) is 30.3 Å². The van der Waals surface area contributed by atoms with Crippen LogP contribution in [0.4, 0.5) is 10.1 Å². The first-order valence-electron chi connectivity index (χ1n) is 12.0. The molecule has 4 rings (SSSR count). The van der Waals surface area contributed by atoms with E-state index in [0.717, 1.165) is 50.5 Å². The van der Waals surface area contributed by atoms with Crippen LogP contribution in [0.25, 0.3) is 0 Å². The second-order valence-corrected chi connectivity index (χ2v) is 8.59. The molecule has 2 amide bonds. The molecule has 35 heavy (non-hydrogen) atoms. The van der Waals surface area contributed by atoms with E-state index in [9.17, 15) is 14.0 Å². The fourth-order valence-electron chi connectivity index (χ4n) is 4.32. The number of aryl methyl sites for hydroxylation is 1. The third kappa shape index (κ3) is 6.93. The molecule has 3 aromatic rings. The van der Waals surface area contributed by atoms with Crippen LogP contribution in [0, 0.1) is 5.82 Å². The summed E-state index contributed by atoms with van der Waals surface area (Å²) in [5, 5.41) is 5.47. The number of carbonyl (C=O) groups excluding carboxylic acids is 2. The van der Waals surface area contributed by atoms with Gasteiger partial charge in [-0.2, -0.15) is 0 Å². The molecule has 2 N–H and O–H groups in total. The highest BCUT2D eigenvalue weighted by atomic mass is 19.1. The van der Waals surface area contributed by atoms with Crippen LogP contribution in [0.2, 0.25) is 0 Å². The quantitative estimate of drug-likeness (QED) is 0.365. The number of piperazine rings is 1. The number of nitrogens with zero attached hydrogens (tertiary/aromatic N) is 2. The molecule has 7 nitrogen and oxygen atoms in total. The average molecular weight is 479 g/mol. The number of carbonyl (C=O) groups is 2. The minimum Gasteiger partial charge on any atom is -0.468 e. The summed E-state index contributed by atoms with van der Waals surface area (Å²) < 4.78 is 18.9. The molecule has 2 aromatic carbocycles. The maximum atomic E-state index is 13.2. The second kappa shape index (κ2) is 12.2. The largest absolute Gasteiger partial charge is 0.468 e. The highest BCUT2D eigenvalue weighted by molar-refractivity contribution is 6.35. The lowest BCUT2D eigenvalue weighted by molar-refractivity contribution is -0.139. The Morgan fingerprint density at radius 1 is 0.886 bits per heavy atom. The number of nitrogens with one attached hydrogen (secondary N) is 2. The first-order chi connectivity index (χ1) is 17.1. The SMILES string of the molecule is O=C(NCCCc1ccccc1)C(=O)NCC(c1ccco1)N1CCN(c2ccc(F)cc2)CC1. The van der Waals surface area contributed by atoms with E-state index < -0.39 is 11.8 Å².